The number of hydrogen-bond donors (Lipinski definition) is 1. The summed E-state index contributed by atoms with van der Waals surface area (Å²) in [6.45, 7) is 7.94. The molecular formula is C16H24N2O2. The van der Waals surface area contributed by atoms with Crippen molar-refractivity contribution < 1.29 is 9.53 Å². The minimum Gasteiger partial charge on any atom is -0.491 e. The largest absolute Gasteiger partial charge is 0.491 e. The molecule has 0 spiro atoms. The molecular weight excluding hydrogens is 252 g/mol. The molecule has 0 saturated heterocycles. The van der Waals surface area contributed by atoms with E-state index in [0.717, 1.165) is 11.3 Å². The highest BCUT2D eigenvalue weighted by Gasteiger charge is 2.26. The van der Waals surface area contributed by atoms with E-state index in [-0.39, 0.29) is 17.4 Å². The molecule has 0 aromatic heterocycles. The van der Waals surface area contributed by atoms with Gasteiger partial charge in [0.15, 0.2) is 0 Å². The molecule has 1 atom stereocenters. The van der Waals surface area contributed by atoms with Crippen molar-refractivity contribution in [1.29, 1.82) is 0 Å². The van der Waals surface area contributed by atoms with Crippen LogP contribution in [0.25, 0.3) is 0 Å². The number of nitrogens with two attached hydrogens (primary N) is 1. The van der Waals surface area contributed by atoms with Crippen LogP contribution >= 0.6 is 0 Å². The van der Waals surface area contributed by atoms with E-state index in [1.165, 1.54) is 0 Å². The molecule has 1 aromatic rings. The smallest absolute Gasteiger partial charge is 0.224 e. The van der Waals surface area contributed by atoms with Crippen molar-refractivity contribution in [2.24, 2.45) is 11.1 Å². The second-order valence-electron chi connectivity index (χ2n) is 6.45. The molecule has 0 saturated carbocycles. The van der Waals surface area contributed by atoms with E-state index in [1.54, 1.807) is 0 Å². The molecule has 0 aliphatic carbocycles. The first-order valence-corrected chi connectivity index (χ1v) is 7.12. The molecule has 1 unspecified atom stereocenters. The quantitative estimate of drug-likeness (QED) is 0.900. The summed E-state index contributed by atoms with van der Waals surface area (Å²) in [4.78, 5) is 14.3. The molecule has 20 heavy (non-hydrogen) atoms. The zero-order valence-corrected chi connectivity index (χ0v) is 12.6. The minimum absolute atomic E-state index is 0.0596. The highest BCUT2D eigenvalue weighted by Crippen LogP contribution is 2.24. The van der Waals surface area contributed by atoms with Gasteiger partial charge in [0.1, 0.15) is 12.4 Å². The van der Waals surface area contributed by atoms with E-state index < -0.39 is 0 Å². The fraction of sp³-hybridized carbons (Fsp3) is 0.562. The topological polar surface area (TPSA) is 55.6 Å². The highest BCUT2D eigenvalue weighted by atomic mass is 16.5. The number of benzene rings is 1. The lowest BCUT2D eigenvalue weighted by Crippen LogP contribution is -2.42. The maximum atomic E-state index is 12.4. The average Bonchev–Trinajstić information content (AvgIpc) is 2.59. The second-order valence-corrected chi connectivity index (χ2v) is 6.45. The first-order valence-electron chi connectivity index (χ1n) is 7.12. The van der Waals surface area contributed by atoms with Crippen molar-refractivity contribution in [3.63, 3.8) is 0 Å². The Morgan fingerprint density at radius 1 is 1.40 bits per heavy atom. The van der Waals surface area contributed by atoms with Crippen LogP contribution in [-0.2, 0) is 11.3 Å². The average molecular weight is 276 g/mol. The predicted molar refractivity (Wildman–Crippen MR) is 79.4 cm³/mol. The Morgan fingerprint density at radius 3 is 2.80 bits per heavy atom. The van der Waals surface area contributed by atoms with Crippen molar-refractivity contribution in [3.05, 3.63) is 29.8 Å². The van der Waals surface area contributed by atoms with Crippen LogP contribution in [0.3, 0.4) is 0 Å². The van der Waals surface area contributed by atoms with Crippen LogP contribution in [-0.4, -0.2) is 30.0 Å². The van der Waals surface area contributed by atoms with Crippen molar-refractivity contribution in [2.75, 3.05) is 13.2 Å². The first kappa shape index (κ1) is 14.9. The molecule has 1 aromatic carbocycles. The fourth-order valence-electron chi connectivity index (χ4n) is 2.16. The van der Waals surface area contributed by atoms with Crippen molar-refractivity contribution in [1.82, 2.24) is 4.90 Å². The number of nitrogens with zero attached hydrogens (tertiary/aromatic N) is 1. The van der Waals surface area contributed by atoms with Gasteiger partial charge in [-0.3, -0.25) is 4.79 Å². The SMILES string of the molecule is CC(C)(C)C(N)CC(=O)N1CCOc2ccccc2C1. The van der Waals surface area contributed by atoms with Crippen LogP contribution in [0, 0.1) is 5.41 Å². The van der Waals surface area contributed by atoms with Gasteiger partial charge in [-0.15, -0.1) is 0 Å². The number of carbonyl (C=O) groups is 1. The van der Waals surface area contributed by atoms with Gasteiger partial charge in [-0.1, -0.05) is 39.0 Å². The van der Waals surface area contributed by atoms with Crippen LogP contribution in [0.2, 0.25) is 0 Å². The fourth-order valence-corrected chi connectivity index (χ4v) is 2.16. The van der Waals surface area contributed by atoms with Crippen LogP contribution in [0.5, 0.6) is 5.75 Å². The van der Waals surface area contributed by atoms with Gasteiger partial charge in [0.05, 0.1) is 6.54 Å². The Labute approximate surface area is 120 Å². The van der Waals surface area contributed by atoms with Crippen molar-refractivity contribution >= 4 is 5.91 Å². The molecule has 2 N–H and O–H groups in total. The first-order chi connectivity index (χ1) is 9.38. The summed E-state index contributed by atoms with van der Waals surface area (Å²) >= 11 is 0. The van der Waals surface area contributed by atoms with Gasteiger partial charge in [0.25, 0.3) is 0 Å². The molecule has 110 valence electrons. The summed E-state index contributed by atoms with van der Waals surface area (Å²) in [5.41, 5.74) is 7.11. The third-order valence-electron chi connectivity index (χ3n) is 3.81. The molecule has 1 amide bonds. The highest BCUT2D eigenvalue weighted by molar-refractivity contribution is 5.77. The Bertz CT molecular complexity index is 480. The number of ether oxygens (including phenoxy) is 1. The third kappa shape index (κ3) is 3.51. The number of amides is 1. The number of rotatable bonds is 2. The third-order valence-corrected chi connectivity index (χ3v) is 3.81. The molecule has 1 aliphatic heterocycles. The lowest BCUT2D eigenvalue weighted by atomic mass is 9.85. The lowest BCUT2D eigenvalue weighted by Gasteiger charge is -2.29. The predicted octanol–water partition coefficient (Wildman–Crippen LogP) is 2.17. The molecule has 0 bridgehead atoms. The summed E-state index contributed by atoms with van der Waals surface area (Å²) in [7, 11) is 0. The van der Waals surface area contributed by atoms with Gasteiger partial charge in [-0.2, -0.15) is 0 Å². The molecule has 2 rings (SSSR count). The number of para-hydroxylation sites is 1. The van der Waals surface area contributed by atoms with Crippen LogP contribution in [0.1, 0.15) is 32.8 Å². The Kier molecular flexibility index (Phi) is 4.33. The molecule has 4 nitrogen and oxygen atoms in total. The molecule has 0 radical (unpaired) electrons. The van der Waals surface area contributed by atoms with E-state index >= 15 is 0 Å². The standard InChI is InChI=1S/C16H24N2O2/c1-16(2,3)14(17)10-15(19)18-8-9-20-13-7-5-4-6-12(13)11-18/h4-7,14H,8-11,17H2,1-3H3. The normalized spacial score (nSPS) is 16.9. The molecule has 1 heterocycles. The van der Waals surface area contributed by atoms with Crippen LogP contribution in [0.15, 0.2) is 24.3 Å². The van der Waals surface area contributed by atoms with Crippen LogP contribution < -0.4 is 10.5 Å². The number of fused-ring (bicyclic) bond motifs is 1. The Morgan fingerprint density at radius 2 is 2.10 bits per heavy atom. The minimum atomic E-state index is -0.130. The van der Waals surface area contributed by atoms with Gasteiger partial charge in [0, 0.05) is 24.6 Å². The van der Waals surface area contributed by atoms with E-state index in [0.29, 0.717) is 26.1 Å². The van der Waals surface area contributed by atoms with E-state index in [9.17, 15) is 4.79 Å². The van der Waals surface area contributed by atoms with E-state index in [4.69, 9.17) is 10.5 Å². The van der Waals surface area contributed by atoms with Gasteiger partial charge in [-0.25, -0.2) is 0 Å². The van der Waals surface area contributed by atoms with E-state index in [2.05, 4.69) is 20.8 Å². The zero-order chi connectivity index (χ0) is 14.8. The Hall–Kier alpha value is -1.55. The number of carbonyl (C=O) groups excluding carboxylic acids is 1. The summed E-state index contributed by atoms with van der Waals surface area (Å²) in [6, 6.07) is 7.74. The molecule has 1 aliphatic rings. The maximum absolute atomic E-state index is 12.4. The van der Waals surface area contributed by atoms with Gasteiger partial charge >= 0.3 is 0 Å². The zero-order valence-electron chi connectivity index (χ0n) is 12.6. The van der Waals surface area contributed by atoms with Crippen molar-refractivity contribution in [3.8, 4) is 5.75 Å². The summed E-state index contributed by atoms with van der Waals surface area (Å²) in [5, 5.41) is 0. The summed E-state index contributed by atoms with van der Waals surface area (Å²) < 4.78 is 5.68. The van der Waals surface area contributed by atoms with Gasteiger partial charge < -0.3 is 15.4 Å². The maximum Gasteiger partial charge on any atom is 0.224 e. The molecule has 4 heteroatoms. The summed E-state index contributed by atoms with van der Waals surface area (Å²) in [6.07, 6.45) is 0.381. The second kappa shape index (κ2) is 5.83. The summed E-state index contributed by atoms with van der Waals surface area (Å²) in [5.74, 6) is 0.982. The van der Waals surface area contributed by atoms with Gasteiger partial charge in [0.2, 0.25) is 5.91 Å². The van der Waals surface area contributed by atoms with E-state index in [1.807, 2.05) is 29.2 Å². The number of hydrogen-bond acceptors (Lipinski definition) is 3. The Balaban J connectivity index is 2.05. The van der Waals surface area contributed by atoms with Gasteiger partial charge in [-0.05, 0) is 11.5 Å². The monoisotopic (exact) mass is 276 g/mol. The van der Waals surface area contributed by atoms with Crippen molar-refractivity contribution in [2.45, 2.75) is 39.8 Å². The van der Waals surface area contributed by atoms with Crippen LogP contribution in [0.4, 0.5) is 0 Å². The molecule has 0 fully saturated rings. The lowest BCUT2D eigenvalue weighted by molar-refractivity contribution is -0.132.